The van der Waals surface area contributed by atoms with Gasteiger partial charge in [0.1, 0.15) is 0 Å². The molecule has 0 amide bonds. The Kier molecular flexibility index (Phi) is 6.92. The first-order chi connectivity index (χ1) is 11.8. The Morgan fingerprint density at radius 3 is 2.76 bits per heavy atom. The third kappa shape index (κ3) is 6.05. The van der Waals surface area contributed by atoms with Gasteiger partial charge >= 0.3 is 5.97 Å². The molecule has 1 atom stereocenters. The van der Waals surface area contributed by atoms with E-state index < -0.39 is 14.0 Å². The predicted molar refractivity (Wildman–Crippen MR) is 103 cm³/mol. The zero-order chi connectivity index (χ0) is 18.4. The first-order valence-electron chi connectivity index (χ1n) is 8.24. The number of benzene rings is 1. The maximum Gasteiger partial charge on any atom is 0.375 e. The molecule has 6 nitrogen and oxygen atoms in total. The average Bonchev–Trinajstić information content (AvgIpc) is 3.03. The van der Waals surface area contributed by atoms with Crippen LogP contribution in [-0.4, -0.2) is 48.2 Å². The number of nitrogens with one attached hydrogen (secondary N) is 1. The molecule has 2 rings (SSSR count). The molecule has 2 aromatic rings. The van der Waals surface area contributed by atoms with Gasteiger partial charge < -0.3 is 9.47 Å². The summed E-state index contributed by atoms with van der Waals surface area (Å²) in [5, 5.41) is 6.69. The highest BCUT2D eigenvalue weighted by Gasteiger charge is 2.22. The number of carbonyl (C=O) groups is 1. The second-order valence-corrected chi connectivity index (χ2v) is 13.3. The lowest BCUT2D eigenvalue weighted by atomic mass is 10.2. The van der Waals surface area contributed by atoms with Crippen LogP contribution >= 0.6 is 15.9 Å². The normalized spacial score (nSPS) is 12.8. The minimum absolute atomic E-state index is 0.103. The lowest BCUT2D eigenvalue weighted by molar-refractivity contribution is 0.0414. The smallest absolute Gasteiger partial charge is 0.375 e. The summed E-state index contributed by atoms with van der Waals surface area (Å²) in [4.78, 5) is 16.2. The van der Waals surface area contributed by atoms with Crippen LogP contribution < -0.4 is 0 Å². The van der Waals surface area contributed by atoms with E-state index in [-0.39, 0.29) is 11.6 Å². The van der Waals surface area contributed by atoms with Gasteiger partial charge in [0, 0.05) is 28.8 Å². The second kappa shape index (κ2) is 8.73. The molecule has 1 aromatic carbocycles. The molecule has 25 heavy (non-hydrogen) atoms. The molecule has 8 heteroatoms. The zero-order valence-electron chi connectivity index (χ0n) is 15.0. The monoisotopic (exact) mass is 425 g/mol. The van der Waals surface area contributed by atoms with Crippen LogP contribution in [0.5, 0.6) is 0 Å². The fourth-order valence-electron chi connectivity index (χ4n) is 1.91. The maximum absolute atomic E-state index is 12.0. The Morgan fingerprint density at radius 1 is 1.32 bits per heavy atom. The summed E-state index contributed by atoms with van der Waals surface area (Å²) >= 11 is 3.40. The van der Waals surface area contributed by atoms with Crippen molar-refractivity contribution in [1.82, 2.24) is 15.2 Å². The molecule has 0 saturated heterocycles. The number of esters is 1. The molecular formula is C17H24BrN3O3Si. The molecule has 0 aliphatic heterocycles. The SMILES string of the molecule is CC(OCCCOC(=O)c1nc(-c2cccc(Br)c2)n[nH]1)[Si](C)(C)C. The number of carbonyl (C=O) groups excluding carboxylic acids is 1. The van der Waals surface area contributed by atoms with E-state index in [4.69, 9.17) is 9.47 Å². The number of aromatic amines is 1. The molecular weight excluding hydrogens is 402 g/mol. The fraction of sp³-hybridized carbons (Fsp3) is 0.471. The van der Waals surface area contributed by atoms with E-state index in [0.29, 0.717) is 25.5 Å². The summed E-state index contributed by atoms with van der Waals surface area (Å²) in [5.74, 6) is 0.0545. The summed E-state index contributed by atoms with van der Waals surface area (Å²) in [6, 6.07) is 7.56. The molecule has 136 valence electrons. The van der Waals surface area contributed by atoms with Gasteiger partial charge in [-0.2, -0.15) is 5.10 Å². The van der Waals surface area contributed by atoms with Gasteiger partial charge in [-0.1, -0.05) is 47.7 Å². The number of halogens is 1. The number of nitrogens with zero attached hydrogens (tertiary/aromatic N) is 2. The Labute approximate surface area is 157 Å². The summed E-state index contributed by atoms with van der Waals surface area (Å²) in [6.45, 7) is 9.79. The van der Waals surface area contributed by atoms with E-state index in [9.17, 15) is 4.79 Å². The van der Waals surface area contributed by atoms with Gasteiger partial charge in [-0.05, 0) is 19.1 Å². The van der Waals surface area contributed by atoms with E-state index in [0.717, 1.165) is 10.0 Å². The highest BCUT2D eigenvalue weighted by atomic mass is 79.9. The quantitative estimate of drug-likeness (QED) is 0.391. The van der Waals surface area contributed by atoms with Crippen LogP contribution in [-0.2, 0) is 9.47 Å². The van der Waals surface area contributed by atoms with Crippen molar-refractivity contribution in [3.63, 3.8) is 0 Å². The first kappa shape index (κ1) is 19.8. The van der Waals surface area contributed by atoms with Crippen molar-refractivity contribution in [1.29, 1.82) is 0 Å². The molecule has 0 saturated carbocycles. The predicted octanol–water partition coefficient (Wildman–Crippen LogP) is 4.06. The number of hydrogen-bond acceptors (Lipinski definition) is 5. The van der Waals surface area contributed by atoms with E-state index in [1.165, 1.54) is 0 Å². The molecule has 0 spiro atoms. The number of ether oxygens (including phenoxy) is 2. The van der Waals surface area contributed by atoms with Crippen molar-refractivity contribution in [3.8, 4) is 11.4 Å². The lowest BCUT2D eigenvalue weighted by Crippen LogP contribution is -2.38. The standard InChI is InChI=1S/C17H24BrN3O3Si/c1-12(25(2,3)4)23-9-6-10-24-17(22)16-19-15(20-21-16)13-7-5-8-14(18)11-13/h5,7-8,11-12H,6,9-10H2,1-4H3,(H,19,20,21). The summed E-state index contributed by atoms with van der Waals surface area (Å²) in [7, 11) is -1.29. The third-order valence-electron chi connectivity index (χ3n) is 3.87. The number of H-pyrrole nitrogens is 1. The van der Waals surface area contributed by atoms with Crippen LogP contribution in [0.2, 0.25) is 19.6 Å². The van der Waals surface area contributed by atoms with Gasteiger partial charge in [-0.25, -0.2) is 9.78 Å². The van der Waals surface area contributed by atoms with Crippen LogP contribution in [0.3, 0.4) is 0 Å². The van der Waals surface area contributed by atoms with Crippen LogP contribution in [0, 0.1) is 0 Å². The highest BCUT2D eigenvalue weighted by Crippen LogP contribution is 2.19. The topological polar surface area (TPSA) is 77.1 Å². The van der Waals surface area contributed by atoms with Crippen molar-refractivity contribution < 1.29 is 14.3 Å². The highest BCUT2D eigenvalue weighted by molar-refractivity contribution is 9.10. The van der Waals surface area contributed by atoms with Crippen LogP contribution in [0.15, 0.2) is 28.7 Å². The van der Waals surface area contributed by atoms with Gasteiger partial charge in [0.2, 0.25) is 5.82 Å². The van der Waals surface area contributed by atoms with Crippen LogP contribution in [0.1, 0.15) is 24.0 Å². The van der Waals surface area contributed by atoms with Gasteiger partial charge in [0.05, 0.1) is 14.7 Å². The van der Waals surface area contributed by atoms with Crippen molar-refractivity contribution in [3.05, 3.63) is 34.6 Å². The van der Waals surface area contributed by atoms with E-state index >= 15 is 0 Å². The maximum atomic E-state index is 12.0. The number of hydrogen-bond donors (Lipinski definition) is 1. The molecule has 0 aliphatic carbocycles. The summed E-state index contributed by atoms with van der Waals surface area (Å²) < 4.78 is 11.9. The molecule has 0 radical (unpaired) electrons. The van der Waals surface area contributed by atoms with Crippen LogP contribution in [0.25, 0.3) is 11.4 Å². The molecule has 0 bridgehead atoms. The van der Waals surface area contributed by atoms with Crippen molar-refractivity contribution in [2.24, 2.45) is 0 Å². The molecule has 0 fully saturated rings. The molecule has 1 N–H and O–H groups in total. The fourth-order valence-corrected chi connectivity index (χ4v) is 2.93. The van der Waals surface area contributed by atoms with Gasteiger partial charge in [-0.15, -0.1) is 0 Å². The Morgan fingerprint density at radius 2 is 2.08 bits per heavy atom. The minimum atomic E-state index is -1.29. The van der Waals surface area contributed by atoms with Crippen molar-refractivity contribution >= 4 is 30.0 Å². The lowest BCUT2D eigenvalue weighted by Gasteiger charge is -2.25. The summed E-state index contributed by atoms with van der Waals surface area (Å²) in [5.41, 5.74) is 1.10. The molecule has 1 aromatic heterocycles. The second-order valence-electron chi connectivity index (χ2n) is 6.89. The minimum Gasteiger partial charge on any atom is -0.460 e. The zero-order valence-corrected chi connectivity index (χ0v) is 17.6. The average molecular weight is 426 g/mol. The van der Waals surface area contributed by atoms with Gasteiger partial charge in [-0.3, -0.25) is 5.10 Å². The number of rotatable bonds is 8. The third-order valence-corrected chi connectivity index (χ3v) is 6.97. The first-order valence-corrected chi connectivity index (χ1v) is 12.6. The largest absolute Gasteiger partial charge is 0.460 e. The Hall–Kier alpha value is -1.51. The molecule has 1 unspecified atom stereocenters. The number of aromatic nitrogens is 3. The van der Waals surface area contributed by atoms with E-state index in [1.807, 2.05) is 24.3 Å². The Bertz CT molecular complexity index is 715. The summed E-state index contributed by atoms with van der Waals surface area (Å²) in [6.07, 6.45) is 0.660. The van der Waals surface area contributed by atoms with Crippen LogP contribution in [0.4, 0.5) is 0 Å². The van der Waals surface area contributed by atoms with E-state index in [2.05, 4.69) is 57.7 Å². The van der Waals surface area contributed by atoms with Gasteiger partial charge in [0.15, 0.2) is 5.82 Å². The molecule has 0 aliphatic rings. The Balaban J connectivity index is 1.78. The van der Waals surface area contributed by atoms with E-state index in [1.54, 1.807) is 0 Å². The van der Waals surface area contributed by atoms with Crippen molar-refractivity contribution in [2.45, 2.75) is 38.7 Å². The molecule has 1 heterocycles. The van der Waals surface area contributed by atoms with Crippen molar-refractivity contribution in [2.75, 3.05) is 13.2 Å². The van der Waals surface area contributed by atoms with Gasteiger partial charge in [0.25, 0.3) is 0 Å².